The molecule has 0 saturated heterocycles. The fourth-order valence-electron chi connectivity index (χ4n) is 3.75. The first kappa shape index (κ1) is 32.9. The van der Waals surface area contributed by atoms with Crippen LogP contribution in [0.15, 0.2) is 0 Å². The summed E-state index contributed by atoms with van der Waals surface area (Å²) < 4.78 is 11.1. The third-order valence-corrected chi connectivity index (χ3v) is 6.55. The highest BCUT2D eigenvalue weighted by Gasteiger charge is 2.22. The fourth-order valence-corrected chi connectivity index (χ4v) is 3.75. The number of hydrogen-bond acceptors (Lipinski definition) is 6. The second-order valence-electron chi connectivity index (χ2n) is 11.9. The van der Waals surface area contributed by atoms with E-state index < -0.39 is 0 Å². The molecule has 1 N–H and O–H groups in total. The van der Waals surface area contributed by atoms with Gasteiger partial charge in [-0.2, -0.15) is 0 Å². The summed E-state index contributed by atoms with van der Waals surface area (Å²) in [5, 5.41) is 9.03. The molecule has 2 atom stereocenters. The molecule has 0 fully saturated rings. The van der Waals surface area contributed by atoms with E-state index in [0.29, 0.717) is 44.4 Å². The van der Waals surface area contributed by atoms with E-state index in [1.165, 1.54) is 0 Å². The van der Waals surface area contributed by atoms with E-state index in [1.807, 2.05) is 0 Å². The molecule has 202 valence electrons. The van der Waals surface area contributed by atoms with Crippen molar-refractivity contribution in [2.75, 3.05) is 32.9 Å². The molecule has 0 spiro atoms. The van der Waals surface area contributed by atoms with E-state index in [9.17, 15) is 9.59 Å². The van der Waals surface area contributed by atoms with Gasteiger partial charge >= 0.3 is 11.9 Å². The smallest absolute Gasteiger partial charge is 0.307 e. The number of nitrogens with zero attached hydrogens (tertiary/aromatic N) is 1. The van der Waals surface area contributed by atoms with E-state index in [-0.39, 0.29) is 29.5 Å². The van der Waals surface area contributed by atoms with Crippen LogP contribution in [0.5, 0.6) is 0 Å². The van der Waals surface area contributed by atoms with Crippen LogP contribution in [0.4, 0.5) is 0 Å². The molecule has 0 heterocycles. The van der Waals surface area contributed by atoms with E-state index in [4.69, 9.17) is 14.6 Å². The second-order valence-corrected chi connectivity index (χ2v) is 11.9. The summed E-state index contributed by atoms with van der Waals surface area (Å²) >= 11 is 0. The predicted octanol–water partition coefficient (Wildman–Crippen LogP) is 5.99. The Labute approximate surface area is 210 Å². The number of hydrogen-bond donors (Lipinski definition) is 1. The van der Waals surface area contributed by atoms with Crippen molar-refractivity contribution in [1.29, 1.82) is 0 Å². The van der Waals surface area contributed by atoms with Gasteiger partial charge in [0, 0.05) is 25.1 Å². The van der Waals surface area contributed by atoms with Crippen LogP contribution in [0.25, 0.3) is 0 Å². The van der Waals surface area contributed by atoms with Gasteiger partial charge in [0.2, 0.25) is 0 Å². The molecular formula is C28H55NO5. The summed E-state index contributed by atoms with van der Waals surface area (Å²) in [4.78, 5) is 26.7. The highest BCUT2D eigenvalue weighted by molar-refractivity contribution is 5.69. The van der Waals surface area contributed by atoms with Gasteiger partial charge in [-0.15, -0.1) is 0 Å². The number of carbonyl (C=O) groups is 2. The topological polar surface area (TPSA) is 76.1 Å². The van der Waals surface area contributed by atoms with Crippen LogP contribution in [0.3, 0.4) is 0 Å². The maximum Gasteiger partial charge on any atom is 0.307 e. The summed E-state index contributed by atoms with van der Waals surface area (Å²) in [5.41, 5.74) is 0.118. The molecule has 2 unspecified atom stereocenters. The Balaban J connectivity index is 4.35. The Morgan fingerprint density at radius 2 is 1.29 bits per heavy atom. The first-order valence-corrected chi connectivity index (χ1v) is 13.5. The van der Waals surface area contributed by atoms with Gasteiger partial charge in [-0.3, -0.25) is 14.5 Å². The lowest BCUT2D eigenvalue weighted by Crippen LogP contribution is -2.43. The minimum absolute atomic E-state index is 0.0208. The van der Waals surface area contributed by atoms with Crippen molar-refractivity contribution >= 4 is 11.9 Å². The van der Waals surface area contributed by atoms with Gasteiger partial charge in [0.05, 0.1) is 19.6 Å². The molecule has 6 heteroatoms. The lowest BCUT2D eigenvalue weighted by atomic mass is 9.91. The zero-order chi connectivity index (χ0) is 26.2. The number of unbranched alkanes of at least 4 members (excludes halogenated alkanes) is 1. The molecule has 0 rings (SSSR count). The number of aliphatic hydroxyl groups excluding tert-OH is 1. The Hall–Kier alpha value is -1.14. The van der Waals surface area contributed by atoms with Gasteiger partial charge < -0.3 is 14.6 Å². The first-order valence-electron chi connectivity index (χ1n) is 13.5. The first-order chi connectivity index (χ1) is 15.8. The maximum atomic E-state index is 12.4. The Kier molecular flexibility index (Phi) is 16.7. The molecular weight excluding hydrogens is 430 g/mol. The Morgan fingerprint density at radius 1 is 0.794 bits per heavy atom. The van der Waals surface area contributed by atoms with Crippen molar-refractivity contribution in [2.24, 2.45) is 17.3 Å². The SMILES string of the molecule is CCC(CCC(CC)COC(=O)CCC(C)(C)C)COC(=O)CCN(CCCCO)C(C)(C)C. The lowest BCUT2D eigenvalue weighted by molar-refractivity contribution is -0.147. The number of aliphatic hydroxyl groups is 1. The quantitative estimate of drug-likeness (QED) is 0.190. The van der Waals surface area contributed by atoms with Gasteiger partial charge in [-0.25, -0.2) is 0 Å². The molecule has 0 amide bonds. The highest BCUT2D eigenvalue weighted by atomic mass is 16.5. The lowest BCUT2D eigenvalue weighted by Gasteiger charge is -2.35. The molecule has 0 bridgehead atoms. The van der Waals surface area contributed by atoms with Crippen molar-refractivity contribution < 1.29 is 24.2 Å². The molecule has 0 aromatic carbocycles. The van der Waals surface area contributed by atoms with E-state index in [1.54, 1.807) is 0 Å². The van der Waals surface area contributed by atoms with Gasteiger partial charge in [-0.05, 0) is 76.7 Å². The average molecular weight is 486 g/mol. The van der Waals surface area contributed by atoms with Crippen molar-refractivity contribution in [3.63, 3.8) is 0 Å². The van der Waals surface area contributed by atoms with Crippen LogP contribution < -0.4 is 0 Å². The van der Waals surface area contributed by atoms with Gasteiger partial charge in [0.15, 0.2) is 0 Å². The van der Waals surface area contributed by atoms with E-state index in [0.717, 1.165) is 51.5 Å². The molecule has 0 aliphatic rings. The van der Waals surface area contributed by atoms with Crippen LogP contribution in [0, 0.1) is 17.3 Å². The summed E-state index contributed by atoms with van der Waals surface area (Å²) in [7, 11) is 0. The zero-order valence-electron chi connectivity index (χ0n) is 23.6. The van der Waals surface area contributed by atoms with Gasteiger partial charge in [-0.1, -0.05) is 47.5 Å². The summed E-state index contributed by atoms with van der Waals surface area (Å²) in [6.45, 7) is 19.8. The maximum absolute atomic E-state index is 12.4. The fraction of sp³-hybridized carbons (Fsp3) is 0.929. The molecule has 34 heavy (non-hydrogen) atoms. The van der Waals surface area contributed by atoms with Gasteiger partial charge in [0.1, 0.15) is 0 Å². The van der Waals surface area contributed by atoms with Crippen LogP contribution in [0.2, 0.25) is 0 Å². The number of carbonyl (C=O) groups excluding carboxylic acids is 2. The molecule has 0 radical (unpaired) electrons. The third kappa shape index (κ3) is 17.3. The zero-order valence-corrected chi connectivity index (χ0v) is 23.6. The molecule has 6 nitrogen and oxygen atoms in total. The van der Waals surface area contributed by atoms with E-state index in [2.05, 4.69) is 60.3 Å². The van der Waals surface area contributed by atoms with Crippen LogP contribution >= 0.6 is 0 Å². The Morgan fingerprint density at radius 3 is 1.71 bits per heavy atom. The molecule has 0 aliphatic carbocycles. The summed E-state index contributed by atoms with van der Waals surface area (Å²) in [6, 6.07) is 0. The largest absolute Gasteiger partial charge is 0.465 e. The van der Waals surface area contributed by atoms with Crippen molar-refractivity contribution in [3.05, 3.63) is 0 Å². The van der Waals surface area contributed by atoms with Crippen molar-refractivity contribution in [2.45, 2.75) is 119 Å². The molecule has 0 saturated carbocycles. The number of ether oxygens (including phenoxy) is 2. The second kappa shape index (κ2) is 17.3. The standard InChI is InChI=1S/C28H55NO5/c1-9-23(21-33-25(31)15-17-27(3,4)5)13-14-24(10-2)22-34-26(32)16-19-29(28(6,7)8)18-11-12-20-30/h23-24,30H,9-22H2,1-8H3. The Bertz CT molecular complexity index is 550. The van der Waals surface area contributed by atoms with Crippen LogP contribution in [-0.4, -0.2) is 60.4 Å². The summed E-state index contributed by atoms with van der Waals surface area (Å²) in [6.07, 6.45) is 7.28. The minimum Gasteiger partial charge on any atom is -0.465 e. The average Bonchev–Trinajstić information content (AvgIpc) is 2.75. The normalized spacial score (nSPS) is 14.2. The monoisotopic (exact) mass is 485 g/mol. The van der Waals surface area contributed by atoms with Crippen molar-refractivity contribution in [1.82, 2.24) is 4.90 Å². The molecule has 0 aliphatic heterocycles. The predicted molar refractivity (Wildman–Crippen MR) is 140 cm³/mol. The molecule has 0 aromatic heterocycles. The summed E-state index contributed by atoms with van der Waals surface area (Å²) in [5.74, 6) is 0.435. The van der Waals surface area contributed by atoms with Gasteiger partial charge in [0.25, 0.3) is 0 Å². The third-order valence-electron chi connectivity index (χ3n) is 6.55. The molecule has 0 aromatic rings. The van der Waals surface area contributed by atoms with E-state index >= 15 is 0 Å². The van der Waals surface area contributed by atoms with Crippen molar-refractivity contribution in [3.8, 4) is 0 Å². The van der Waals surface area contributed by atoms with Crippen LogP contribution in [0.1, 0.15) is 113 Å². The number of esters is 2. The minimum atomic E-state index is -0.144. The highest BCUT2D eigenvalue weighted by Crippen LogP contribution is 2.22. The number of rotatable bonds is 18. The van der Waals surface area contributed by atoms with Crippen LogP contribution in [-0.2, 0) is 19.1 Å².